The van der Waals surface area contributed by atoms with Crippen molar-refractivity contribution in [1.82, 2.24) is 5.32 Å². The first-order valence-electron chi connectivity index (χ1n) is 6.28. The molecule has 20 heavy (non-hydrogen) atoms. The maximum atomic E-state index is 11.8. The molecule has 2 aromatic rings. The van der Waals surface area contributed by atoms with Gasteiger partial charge in [0, 0.05) is 9.90 Å². The molecule has 1 amide bonds. The lowest BCUT2D eigenvalue weighted by Crippen LogP contribution is -2.30. The van der Waals surface area contributed by atoms with Crippen molar-refractivity contribution in [3.8, 4) is 5.75 Å². The number of aryl methyl sites for hydroxylation is 1. The largest absolute Gasteiger partial charge is 0.484 e. The summed E-state index contributed by atoms with van der Waals surface area (Å²) in [6.07, 6.45) is 0. The molecular weight excluding hydrogens is 294 g/mol. The topological polar surface area (TPSA) is 38.3 Å². The van der Waals surface area contributed by atoms with Crippen molar-refractivity contribution in [2.45, 2.75) is 19.9 Å². The fourth-order valence-electron chi connectivity index (χ4n) is 1.75. The van der Waals surface area contributed by atoms with Gasteiger partial charge in [0.05, 0.1) is 6.04 Å². The number of benzene rings is 1. The minimum Gasteiger partial charge on any atom is -0.484 e. The summed E-state index contributed by atoms with van der Waals surface area (Å²) in [5, 5.41) is 5.58. The van der Waals surface area contributed by atoms with E-state index in [0.717, 1.165) is 10.4 Å². The van der Waals surface area contributed by atoms with Crippen LogP contribution in [0.1, 0.15) is 23.4 Å². The third kappa shape index (κ3) is 3.99. The number of carbonyl (C=O) groups is 1. The number of hydrogen-bond acceptors (Lipinski definition) is 3. The van der Waals surface area contributed by atoms with Crippen LogP contribution < -0.4 is 10.1 Å². The zero-order valence-corrected chi connectivity index (χ0v) is 12.9. The van der Waals surface area contributed by atoms with Crippen molar-refractivity contribution in [3.63, 3.8) is 0 Å². The van der Waals surface area contributed by atoms with Gasteiger partial charge in [0.1, 0.15) is 5.75 Å². The number of ether oxygens (including phenoxy) is 1. The molecule has 1 heterocycles. The Labute approximate surface area is 127 Å². The summed E-state index contributed by atoms with van der Waals surface area (Å²) in [5.74, 6) is 0.504. The van der Waals surface area contributed by atoms with E-state index in [1.807, 2.05) is 37.4 Å². The first kappa shape index (κ1) is 14.9. The molecule has 1 aromatic carbocycles. The third-order valence-electron chi connectivity index (χ3n) is 2.85. The molecule has 3 nitrogen and oxygen atoms in total. The van der Waals surface area contributed by atoms with Gasteiger partial charge >= 0.3 is 0 Å². The van der Waals surface area contributed by atoms with E-state index in [4.69, 9.17) is 16.3 Å². The van der Waals surface area contributed by atoms with E-state index >= 15 is 0 Å². The third-order valence-corrected chi connectivity index (χ3v) is 4.33. The van der Waals surface area contributed by atoms with Gasteiger partial charge in [-0.3, -0.25) is 4.79 Å². The van der Waals surface area contributed by atoms with Gasteiger partial charge in [-0.1, -0.05) is 17.7 Å². The molecule has 0 aliphatic rings. The van der Waals surface area contributed by atoms with Crippen LogP contribution in [0.3, 0.4) is 0 Å². The highest BCUT2D eigenvalue weighted by atomic mass is 35.5. The monoisotopic (exact) mass is 309 g/mol. The second kappa shape index (κ2) is 6.77. The molecule has 0 saturated carbocycles. The molecule has 0 aliphatic carbocycles. The lowest BCUT2D eigenvalue weighted by atomic mass is 10.2. The summed E-state index contributed by atoms with van der Waals surface area (Å²) in [6, 6.07) is 9.30. The number of halogens is 1. The summed E-state index contributed by atoms with van der Waals surface area (Å²) in [6.45, 7) is 3.85. The van der Waals surface area contributed by atoms with Crippen molar-refractivity contribution < 1.29 is 9.53 Å². The van der Waals surface area contributed by atoms with E-state index in [2.05, 4.69) is 5.32 Å². The van der Waals surface area contributed by atoms with Gasteiger partial charge in [0.15, 0.2) is 6.61 Å². The standard InChI is InChI=1S/C15H16ClNO2S/c1-10-8-12(5-6-13(10)16)19-9-15(18)17-11(2)14-4-3-7-20-14/h3-8,11H,9H2,1-2H3,(H,17,18). The van der Waals surface area contributed by atoms with Crippen molar-refractivity contribution in [2.24, 2.45) is 0 Å². The van der Waals surface area contributed by atoms with Crippen LogP contribution in [0, 0.1) is 6.92 Å². The van der Waals surface area contributed by atoms with Crippen LogP contribution in [0.15, 0.2) is 35.7 Å². The molecule has 0 fully saturated rings. The molecule has 1 atom stereocenters. The Morgan fingerprint density at radius 1 is 1.45 bits per heavy atom. The Kier molecular flexibility index (Phi) is 5.04. The normalized spacial score (nSPS) is 11.9. The second-order valence-corrected chi connectivity index (χ2v) is 5.89. The average molecular weight is 310 g/mol. The lowest BCUT2D eigenvalue weighted by molar-refractivity contribution is -0.123. The molecule has 1 aromatic heterocycles. The van der Waals surface area contributed by atoms with Gasteiger partial charge in [0.25, 0.3) is 5.91 Å². The summed E-state index contributed by atoms with van der Waals surface area (Å²) in [4.78, 5) is 12.9. The minimum absolute atomic E-state index is 0.00180. The van der Waals surface area contributed by atoms with E-state index < -0.39 is 0 Å². The predicted octanol–water partition coefficient (Wildman–Crippen LogP) is 3.97. The SMILES string of the molecule is Cc1cc(OCC(=O)NC(C)c2cccs2)ccc1Cl. The van der Waals surface area contributed by atoms with Crippen LogP contribution in [0.4, 0.5) is 0 Å². The number of nitrogens with one attached hydrogen (secondary N) is 1. The molecule has 106 valence electrons. The number of amides is 1. The van der Waals surface area contributed by atoms with Crippen LogP contribution >= 0.6 is 22.9 Å². The number of carbonyl (C=O) groups excluding carboxylic acids is 1. The Morgan fingerprint density at radius 3 is 2.90 bits per heavy atom. The van der Waals surface area contributed by atoms with Crippen LogP contribution in [-0.4, -0.2) is 12.5 Å². The van der Waals surface area contributed by atoms with Crippen LogP contribution in [-0.2, 0) is 4.79 Å². The smallest absolute Gasteiger partial charge is 0.258 e. The number of hydrogen-bond donors (Lipinski definition) is 1. The molecule has 0 saturated heterocycles. The average Bonchev–Trinajstić information content (AvgIpc) is 2.94. The molecule has 2 rings (SSSR count). The van der Waals surface area contributed by atoms with Gasteiger partial charge in [-0.15, -0.1) is 11.3 Å². The first-order chi connectivity index (χ1) is 9.56. The van der Waals surface area contributed by atoms with Crippen LogP contribution in [0.2, 0.25) is 5.02 Å². The molecule has 1 unspecified atom stereocenters. The van der Waals surface area contributed by atoms with Crippen molar-refractivity contribution in [1.29, 1.82) is 0 Å². The van der Waals surface area contributed by atoms with Crippen molar-refractivity contribution in [3.05, 3.63) is 51.2 Å². The molecule has 0 bridgehead atoms. The molecular formula is C15H16ClNO2S. The Hall–Kier alpha value is -1.52. The highest BCUT2D eigenvalue weighted by molar-refractivity contribution is 7.10. The van der Waals surface area contributed by atoms with Crippen molar-refractivity contribution >= 4 is 28.8 Å². The zero-order valence-electron chi connectivity index (χ0n) is 11.4. The first-order valence-corrected chi connectivity index (χ1v) is 7.53. The van der Waals surface area contributed by atoms with Gasteiger partial charge in [-0.05, 0) is 49.1 Å². The summed E-state index contributed by atoms with van der Waals surface area (Å²) >= 11 is 7.56. The van der Waals surface area contributed by atoms with Gasteiger partial charge in [0.2, 0.25) is 0 Å². The maximum Gasteiger partial charge on any atom is 0.258 e. The second-order valence-electron chi connectivity index (χ2n) is 4.50. The molecule has 0 radical (unpaired) electrons. The fourth-order valence-corrected chi connectivity index (χ4v) is 2.60. The minimum atomic E-state index is -0.140. The number of rotatable bonds is 5. The molecule has 0 spiro atoms. The predicted molar refractivity (Wildman–Crippen MR) is 82.6 cm³/mol. The zero-order chi connectivity index (χ0) is 14.5. The Balaban J connectivity index is 1.84. The van der Waals surface area contributed by atoms with Crippen LogP contribution in [0.5, 0.6) is 5.75 Å². The fraction of sp³-hybridized carbons (Fsp3) is 0.267. The quantitative estimate of drug-likeness (QED) is 0.907. The molecule has 5 heteroatoms. The van der Waals surface area contributed by atoms with E-state index in [1.54, 1.807) is 23.5 Å². The van der Waals surface area contributed by atoms with Crippen molar-refractivity contribution in [2.75, 3.05) is 6.61 Å². The van der Waals surface area contributed by atoms with E-state index in [1.165, 1.54) is 0 Å². The van der Waals surface area contributed by atoms with Gasteiger partial charge in [-0.25, -0.2) is 0 Å². The van der Waals surface area contributed by atoms with Gasteiger partial charge in [-0.2, -0.15) is 0 Å². The number of thiophene rings is 1. The highest BCUT2D eigenvalue weighted by Gasteiger charge is 2.10. The summed E-state index contributed by atoms with van der Waals surface area (Å²) in [5.41, 5.74) is 0.927. The van der Waals surface area contributed by atoms with Gasteiger partial charge < -0.3 is 10.1 Å². The molecule has 1 N–H and O–H groups in total. The molecule has 0 aliphatic heterocycles. The van der Waals surface area contributed by atoms with E-state index in [9.17, 15) is 4.79 Å². The summed E-state index contributed by atoms with van der Waals surface area (Å²) in [7, 11) is 0. The maximum absolute atomic E-state index is 11.8. The van der Waals surface area contributed by atoms with Crippen LogP contribution in [0.25, 0.3) is 0 Å². The Bertz CT molecular complexity index is 584. The summed E-state index contributed by atoms with van der Waals surface area (Å²) < 4.78 is 5.45. The Morgan fingerprint density at radius 2 is 2.25 bits per heavy atom. The van der Waals surface area contributed by atoms with E-state index in [-0.39, 0.29) is 18.6 Å². The lowest BCUT2D eigenvalue weighted by Gasteiger charge is -2.13. The van der Waals surface area contributed by atoms with E-state index in [0.29, 0.717) is 10.8 Å². The highest BCUT2D eigenvalue weighted by Crippen LogP contribution is 2.21.